The number of ether oxygens (including phenoxy) is 4. The Balaban J connectivity index is 2.81. The van der Waals surface area contributed by atoms with Crippen LogP contribution in [-0.2, 0) is 33.3 Å². The van der Waals surface area contributed by atoms with E-state index in [9.17, 15) is 14.4 Å². The molecule has 0 saturated carbocycles. The molecule has 1 rings (SSSR count). The third kappa shape index (κ3) is 5.34. The summed E-state index contributed by atoms with van der Waals surface area (Å²) in [6.07, 6.45) is -2.05. The van der Waals surface area contributed by atoms with Crippen molar-refractivity contribution in [3.8, 4) is 0 Å². The standard InChI is InChI=1S/C14H21O7/c1-4-11(15)19-9-7-18-8-10(20-12(16)5-2)14(9)21-13(17)6-3/h7,9-10,14H,4-6,8H2,1-3H3/t9-,10-,14-/m1/s1. The first-order valence-corrected chi connectivity index (χ1v) is 7.05. The first-order chi connectivity index (χ1) is 10.0. The molecule has 0 bridgehead atoms. The Morgan fingerprint density at radius 2 is 1.48 bits per heavy atom. The van der Waals surface area contributed by atoms with Crippen LogP contribution in [0.3, 0.4) is 0 Å². The number of rotatable bonds is 6. The molecule has 1 aliphatic rings. The second kappa shape index (κ2) is 8.61. The Kier molecular flexibility index (Phi) is 7.14. The van der Waals surface area contributed by atoms with Crippen molar-refractivity contribution < 1.29 is 33.3 Å². The van der Waals surface area contributed by atoms with Crippen LogP contribution in [-0.4, -0.2) is 42.8 Å². The van der Waals surface area contributed by atoms with E-state index in [-0.39, 0.29) is 25.9 Å². The summed E-state index contributed by atoms with van der Waals surface area (Å²) >= 11 is 0. The zero-order valence-corrected chi connectivity index (χ0v) is 12.5. The maximum atomic E-state index is 11.5. The minimum atomic E-state index is -0.892. The summed E-state index contributed by atoms with van der Waals surface area (Å²) in [5.74, 6) is -1.37. The van der Waals surface area contributed by atoms with Gasteiger partial charge in [-0.25, -0.2) is 0 Å². The Hall–Kier alpha value is -1.63. The third-order valence-electron chi connectivity index (χ3n) is 2.86. The molecule has 3 atom stereocenters. The quantitative estimate of drug-likeness (QED) is 0.537. The highest BCUT2D eigenvalue weighted by Gasteiger charge is 2.42. The molecule has 0 unspecified atom stereocenters. The summed E-state index contributed by atoms with van der Waals surface area (Å²) in [6.45, 7) is 6.28. The van der Waals surface area contributed by atoms with Gasteiger partial charge in [0.1, 0.15) is 6.61 Å². The number of esters is 3. The van der Waals surface area contributed by atoms with Crippen LogP contribution in [0.5, 0.6) is 0 Å². The van der Waals surface area contributed by atoms with E-state index in [1.54, 1.807) is 20.8 Å². The normalized spacial score (nSPS) is 25.0. The molecular weight excluding hydrogens is 280 g/mol. The second-order valence-electron chi connectivity index (χ2n) is 4.47. The number of hydrogen-bond acceptors (Lipinski definition) is 7. The second-order valence-corrected chi connectivity index (χ2v) is 4.47. The van der Waals surface area contributed by atoms with Crippen LogP contribution in [0.4, 0.5) is 0 Å². The number of carbonyl (C=O) groups excluding carboxylic acids is 3. The SMILES string of the molecule is CCC(=O)O[C@@H]1[C@H](OC(=O)CC)[CH]OC[C@H]1OC(=O)CC. The van der Waals surface area contributed by atoms with Gasteiger partial charge in [-0.1, -0.05) is 20.8 Å². The molecule has 7 nitrogen and oxygen atoms in total. The van der Waals surface area contributed by atoms with E-state index in [4.69, 9.17) is 18.9 Å². The molecule has 1 aliphatic heterocycles. The van der Waals surface area contributed by atoms with Gasteiger partial charge in [0.05, 0.1) is 6.61 Å². The maximum Gasteiger partial charge on any atom is 0.306 e. The highest BCUT2D eigenvalue weighted by Crippen LogP contribution is 2.22. The lowest BCUT2D eigenvalue weighted by Gasteiger charge is -2.35. The highest BCUT2D eigenvalue weighted by atomic mass is 16.6. The van der Waals surface area contributed by atoms with Crippen LogP contribution in [0.25, 0.3) is 0 Å². The average Bonchev–Trinajstić information content (AvgIpc) is 2.49. The van der Waals surface area contributed by atoms with Gasteiger partial charge in [0.15, 0.2) is 18.3 Å². The molecule has 0 aromatic carbocycles. The molecule has 1 saturated heterocycles. The third-order valence-corrected chi connectivity index (χ3v) is 2.86. The van der Waals surface area contributed by atoms with Gasteiger partial charge < -0.3 is 18.9 Å². The van der Waals surface area contributed by atoms with Crippen molar-refractivity contribution in [1.82, 2.24) is 0 Å². The van der Waals surface area contributed by atoms with Crippen molar-refractivity contribution in [3.05, 3.63) is 6.61 Å². The fourth-order valence-corrected chi connectivity index (χ4v) is 1.69. The fourth-order valence-electron chi connectivity index (χ4n) is 1.69. The van der Waals surface area contributed by atoms with Gasteiger partial charge in [-0.05, 0) is 0 Å². The summed E-state index contributed by atoms with van der Waals surface area (Å²) in [6, 6.07) is 0. The predicted octanol–water partition coefficient (Wildman–Crippen LogP) is 1.14. The van der Waals surface area contributed by atoms with Gasteiger partial charge in [0, 0.05) is 19.3 Å². The minimum absolute atomic E-state index is 0.0492. The van der Waals surface area contributed by atoms with Crippen molar-refractivity contribution in [2.45, 2.75) is 58.3 Å². The van der Waals surface area contributed by atoms with Gasteiger partial charge in [-0.2, -0.15) is 0 Å². The summed E-state index contributed by atoms with van der Waals surface area (Å²) in [4.78, 5) is 34.4. The van der Waals surface area contributed by atoms with E-state index in [2.05, 4.69) is 0 Å². The molecule has 0 aromatic heterocycles. The van der Waals surface area contributed by atoms with E-state index >= 15 is 0 Å². The van der Waals surface area contributed by atoms with Gasteiger partial charge in [0.25, 0.3) is 0 Å². The van der Waals surface area contributed by atoms with Crippen molar-refractivity contribution in [2.24, 2.45) is 0 Å². The summed E-state index contributed by atoms with van der Waals surface area (Å²) in [5, 5.41) is 0. The van der Waals surface area contributed by atoms with E-state index < -0.39 is 36.2 Å². The molecular formula is C14H21O7. The van der Waals surface area contributed by atoms with Crippen LogP contribution < -0.4 is 0 Å². The fraction of sp³-hybridized carbons (Fsp3) is 0.714. The largest absolute Gasteiger partial charge is 0.456 e. The molecule has 0 aromatic rings. The lowest BCUT2D eigenvalue weighted by molar-refractivity contribution is -0.201. The monoisotopic (exact) mass is 301 g/mol. The van der Waals surface area contributed by atoms with Crippen LogP contribution in [0.1, 0.15) is 40.0 Å². The van der Waals surface area contributed by atoms with E-state index in [1.807, 2.05) is 0 Å². The lowest BCUT2D eigenvalue weighted by atomic mass is 10.1. The summed E-state index contributed by atoms with van der Waals surface area (Å²) in [7, 11) is 0. The molecule has 0 aliphatic carbocycles. The molecule has 0 amide bonds. The molecule has 0 spiro atoms. The molecule has 7 heteroatoms. The molecule has 0 N–H and O–H groups in total. The smallest absolute Gasteiger partial charge is 0.306 e. The first kappa shape index (κ1) is 17.4. The Morgan fingerprint density at radius 3 is 2.05 bits per heavy atom. The Labute approximate surface area is 123 Å². The minimum Gasteiger partial charge on any atom is -0.456 e. The first-order valence-electron chi connectivity index (χ1n) is 7.05. The molecule has 1 radical (unpaired) electrons. The highest BCUT2D eigenvalue weighted by molar-refractivity contribution is 5.71. The molecule has 119 valence electrons. The van der Waals surface area contributed by atoms with Crippen LogP contribution in [0, 0.1) is 6.61 Å². The zero-order chi connectivity index (χ0) is 15.8. The molecule has 21 heavy (non-hydrogen) atoms. The topological polar surface area (TPSA) is 88.1 Å². The average molecular weight is 301 g/mol. The summed E-state index contributed by atoms with van der Waals surface area (Å²) in [5.41, 5.74) is 0. The van der Waals surface area contributed by atoms with Crippen molar-refractivity contribution in [2.75, 3.05) is 6.61 Å². The lowest BCUT2D eigenvalue weighted by Crippen LogP contribution is -2.51. The number of carbonyl (C=O) groups is 3. The van der Waals surface area contributed by atoms with Crippen molar-refractivity contribution in [1.29, 1.82) is 0 Å². The van der Waals surface area contributed by atoms with E-state index in [1.165, 1.54) is 6.61 Å². The van der Waals surface area contributed by atoms with Gasteiger partial charge in [-0.15, -0.1) is 0 Å². The van der Waals surface area contributed by atoms with Crippen LogP contribution >= 0.6 is 0 Å². The van der Waals surface area contributed by atoms with Gasteiger partial charge in [0.2, 0.25) is 0 Å². The Morgan fingerprint density at radius 1 is 0.952 bits per heavy atom. The zero-order valence-electron chi connectivity index (χ0n) is 12.5. The predicted molar refractivity (Wildman–Crippen MR) is 70.8 cm³/mol. The maximum absolute atomic E-state index is 11.5. The van der Waals surface area contributed by atoms with Crippen molar-refractivity contribution in [3.63, 3.8) is 0 Å². The molecule has 1 fully saturated rings. The van der Waals surface area contributed by atoms with E-state index in [0.717, 1.165) is 0 Å². The van der Waals surface area contributed by atoms with Crippen molar-refractivity contribution >= 4 is 17.9 Å². The van der Waals surface area contributed by atoms with Crippen LogP contribution in [0.2, 0.25) is 0 Å². The Bertz CT molecular complexity index is 354. The van der Waals surface area contributed by atoms with Gasteiger partial charge >= 0.3 is 17.9 Å². The van der Waals surface area contributed by atoms with Crippen LogP contribution in [0.15, 0.2) is 0 Å². The number of hydrogen-bond donors (Lipinski definition) is 0. The van der Waals surface area contributed by atoms with Gasteiger partial charge in [-0.3, -0.25) is 14.4 Å². The van der Waals surface area contributed by atoms with E-state index in [0.29, 0.717) is 0 Å². The summed E-state index contributed by atoms with van der Waals surface area (Å²) < 4.78 is 20.8. The molecule has 1 heterocycles.